The lowest BCUT2D eigenvalue weighted by molar-refractivity contribution is -0.128. The van der Waals surface area contributed by atoms with Crippen LogP contribution in [-0.4, -0.2) is 51.8 Å². The van der Waals surface area contributed by atoms with Gasteiger partial charge in [-0.3, -0.25) is 14.5 Å². The molecule has 0 aliphatic rings. The number of aromatic nitrogens is 4. The van der Waals surface area contributed by atoms with Gasteiger partial charge in [0.15, 0.2) is 11.5 Å². The molecule has 0 bridgehead atoms. The highest BCUT2D eigenvalue weighted by Crippen LogP contribution is 2.32. The van der Waals surface area contributed by atoms with Crippen molar-refractivity contribution in [3.8, 4) is 22.9 Å². The first kappa shape index (κ1) is 29.1. The molecule has 12 heteroatoms. The molecule has 0 aliphatic heterocycles. The van der Waals surface area contributed by atoms with Crippen LogP contribution in [0.5, 0.6) is 11.5 Å². The fourth-order valence-corrected chi connectivity index (χ4v) is 4.16. The van der Waals surface area contributed by atoms with Crippen molar-refractivity contribution in [3.05, 3.63) is 83.9 Å². The molecule has 4 aromatic rings. The molecule has 214 valence electrons. The molecule has 10 nitrogen and oxygen atoms in total. The number of tetrazole rings is 1. The smallest absolute Gasteiger partial charge is 0.251 e. The second kappa shape index (κ2) is 12.1. The molecule has 4 rings (SSSR count). The lowest BCUT2D eigenvalue weighted by atomic mass is 10.0. The largest absolute Gasteiger partial charge is 0.493 e. The number of benzene rings is 3. The van der Waals surface area contributed by atoms with Gasteiger partial charge in [0.1, 0.15) is 24.2 Å². The Bertz CT molecular complexity index is 1540. The zero-order valence-electron chi connectivity index (χ0n) is 23.3. The van der Waals surface area contributed by atoms with E-state index in [1.54, 1.807) is 39.0 Å². The van der Waals surface area contributed by atoms with Crippen LogP contribution in [0.4, 0.5) is 14.5 Å². The average Bonchev–Trinajstić information content (AvgIpc) is 3.39. The Labute approximate surface area is 235 Å². The molecule has 1 heterocycles. The number of carbonyl (C=O) groups excluding carboxylic acids is 2. The summed E-state index contributed by atoms with van der Waals surface area (Å²) in [6, 6.07) is 14.3. The number of halogens is 2. The quantitative estimate of drug-likeness (QED) is 0.322. The number of anilines is 1. The molecule has 41 heavy (non-hydrogen) atoms. The second-order valence-electron chi connectivity index (χ2n) is 10.2. The van der Waals surface area contributed by atoms with Crippen LogP contribution in [0.3, 0.4) is 0 Å². The van der Waals surface area contributed by atoms with Crippen molar-refractivity contribution in [1.82, 2.24) is 25.5 Å². The van der Waals surface area contributed by atoms with E-state index in [0.29, 0.717) is 22.6 Å². The zero-order valence-corrected chi connectivity index (χ0v) is 23.3. The van der Waals surface area contributed by atoms with Crippen LogP contribution in [0, 0.1) is 11.6 Å². The fourth-order valence-electron chi connectivity index (χ4n) is 4.16. The summed E-state index contributed by atoms with van der Waals surface area (Å²) in [4.78, 5) is 29.8. The standard InChI is InChI=1S/C29H30F2N6O4/c1-29(2,3)32-28(39)26(18-9-12-20(30)13-10-18)37(22-8-6-7-21(31)16-22)25(38)17-36-34-27(33-35-36)19-11-14-23(40-4)24(15-19)41-5/h6-16,26H,17H2,1-5H3,(H,32,39). The van der Waals surface area contributed by atoms with Crippen molar-refractivity contribution < 1.29 is 27.8 Å². The van der Waals surface area contributed by atoms with Gasteiger partial charge in [0.05, 0.1) is 14.2 Å². The normalized spacial score (nSPS) is 12.0. The van der Waals surface area contributed by atoms with Crippen LogP contribution < -0.4 is 19.7 Å². The first-order valence-electron chi connectivity index (χ1n) is 12.6. The lowest BCUT2D eigenvalue weighted by Crippen LogP contribution is -2.50. The predicted molar refractivity (Wildman–Crippen MR) is 147 cm³/mol. The van der Waals surface area contributed by atoms with Crippen molar-refractivity contribution >= 4 is 17.5 Å². The fraction of sp³-hybridized carbons (Fsp3) is 0.276. The zero-order chi connectivity index (χ0) is 29.7. The molecule has 0 saturated heterocycles. The molecule has 0 aliphatic carbocycles. The Morgan fingerprint density at radius 2 is 1.66 bits per heavy atom. The van der Waals surface area contributed by atoms with E-state index in [0.717, 1.165) is 15.8 Å². The van der Waals surface area contributed by atoms with Gasteiger partial charge >= 0.3 is 0 Å². The first-order valence-corrected chi connectivity index (χ1v) is 12.6. The van der Waals surface area contributed by atoms with Gasteiger partial charge in [0.25, 0.3) is 5.91 Å². The van der Waals surface area contributed by atoms with E-state index in [-0.39, 0.29) is 11.5 Å². The molecular formula is C29H30F2N6O4. The molecule has 0 radical (unpaired) electrons. The Balaban J connectivity index is 1.73. The SMILES string of the molecule is COc1ccc(-c2nnn(CC(=O)N(c3cccc(F)c3)C(C(=O)NC(C)(C)C)c3ccc(F)cc3)n2)cc1OC. The summed E-state index contributed by atoms with van der Waals surface area (Å²) in [6.07, 6.45) is 0. The molecule has 2 amide bonds. The van der Waals surface area contributed by atoms with Crippen LogP contribution in [-0.2, 0) is 16.1 Å². The number of ether oxygens (including phenoxy) is 2. The predicted octanol–water partition coefficient (Wildman–Crippen LogP) is 4.32. The maximum absolute atomic E-state index is 14.4. The third-order valence-corrected chi connectivity index (χ3v) is 5.92. The van der Waals surface area contributed by atoms with E-state index in [4.69, 9.17) is 9.47 Å². The van der Waals surface area contributed by atoms with Crippen molar-refractivity contribution in [2.45, 2.75) is 38.9 Å². The summed E-state index contributed by atoms with van der Waals surface area (Å²) >= 11 is 0. The van der Waals surface area contributed by atoms with Crippen molar-refractivity contribution in [1.29, 1.82) is 0 Å². The summed E-state index contributed by atoms with van der Waals surface area (Å²) in [5.74, 6) is -1.10. The van der Waals surface area contributed by atoms with Gasteiger partial charge in [-0.15, -0.1) is 10.2 Å². The summed E-state index contributed by atoms with van der Waals surface area (Å²) in [5.41, 5.74) is 0.349. The topological polar surface area (TPSA) is 111 Å². The molecular weight excluding hydrogens is 534 g/mol. The number of hydrogen-bond acceptors (Lipinski definition) is 7. The van der Waals surface area contributed by atoms with E-state index >= 15 is 0 Å². The van der Waals surface area contributed by atoms with Gasteiger partial charge in [-0.25, -0.2) is 8.78 Å². The number of amides is 2. The van der Waals surface area contributed by atoms with E-state index in [1.165, 1.54) is 56.7 Å². The highest BCUT2D eigenvalue weighted by Gasteiger charge is 2.35. The maximum Gasteiger partial charge on any atom is 0.251 e. The number of methoxy groups -OCH3 is 2. The van der Waals surface area contributed by atoms with Gasteiger partial charge in [-0.05, 0) is 80.1 Å². The third-order valence-electron chi connectivity index (χ3n) is 5.92. The van der Waals surface area contributed by atoms with E-state index < -0.39 is 41.6 Å². The van der Waals surface area contributed by atoms with E-state index in [2.05, 4.69) is 20.7 Å². The van der Waals surface area contributed by atoms with Crippen LogP contribution in [0.25, 0.3) is 11.4 Å². The molecule has 1 aromatic heterocycles. The minimum absolute atomic E-state index is 0.119. The first-order chi connectivity index (χ1) is 19.5. The second-order valence-corrected chi connectivity index (χ2v) is 10.2. The number of nitrogens with one attached hydrogen (secondary N) is 1. The summed E-state index contributed by atoms with van der Waals surface area (Å²) in [7, 11) is 3.02. The number of rotatable bonds is 9. The Morgan fingerprint density at radius 3 is 2.29 bits per heavy atom. The minimum Gasteiger partial charge on any atom is -0.493 e. The summed E-state index contributed by atoms with van der Waals surface area (Å²) in [6.45, 7) is 4.93. The molecule has 0 spiro atoms. The summed E-state index contributed by atoms with van der Waals surface area (Å²) in [5, 5.41) is 15.2. The number of carbonyl (C=O) groups is 2. The molecule has 0 saturated carbocycles. The lowest BCUT2D eigenvalue weighted by Gasteiger charge is -2.33. The van der Waals surface area contributed by atoms with E-state index in [1.807, 2.05) is 0 Å². The van der Waals surface area contributed by atoms with Crippen molar-refractivity contribution in [2.24, 2.45) is 0 Å². The maximum atomic E-state index is 14.4. The summed E-state index contributed by atoms with van der Waals surface area (Å²) < 4.78 is 38.8. The van der Waals surface area contributed by atoms with Gasteiger partial charge in [0, 0.05) is 16.8 Å². The third kappa shape index (κ3) is 7.02. The van der Waals surface area contributed by atoms with Crippen molar-refractivity contribution in [2.75, 3.05) is 19.1 Å². The van der Waals surface area contributed by atoms with Crippen LogP contribution in [0.1, 0.15) is 32.4 Å². The number of nitrogens with zero attached hydrogens (tertiary/aromatic N) is 5. The van der Waals surface area contributed by atoms with Crippen molar-refractivity contribution in [3.63, 3.8) is 0 Å². The average molecular weight is 565 g/mol. The highest BCUT2D eigenvalue weighted by atomic mass is 19.1. The molecule has 3 aromatic carbocycles. The van der Waals surface area contributed by atoms with Crippen LogP contribution in [0.2, 0.25) is 0 Å². The van der Waals surface area contributed by atoms with E-state index in [9.17, 15) is 18.4 Å². The molecule has 1 unspecified atom stereocenters. The van der Waals surface area contributed by atoms with Gasteiger partial charge < -0.3 is 14.8 Å². The Hall–Kier alpha value is -4.87. The van der Waals surface area contributed by atoms with Gasteiger partial charge in [-0.2, -0.15) is 4.80 Å². The van der Waals surface area contributed by atoms with Gasteiger partial charge in [0.2, 0.25) is 11.7 Å². The Kier molecular flexibility index (Phi) is 8.60. The van der Waals surface area contributed by atoms with Gasteiger partial charge in [-0.1, -0.05) is 18.2 Å². The van der Waals surface area contributed by atoms with Crippen LogP contribution >= 0.6 is 0 Å². The number of hydrogen-bond donors (Lipinski definition) is 1. The molecule has 1 atom stereocenters. The molecule has 0 fully saturated rings. The Morgan fingerprint density at radius 1 is 0.951 bits per heavy atom. The monoisotopic (exact) mass is 564 g/mol. The van der Waals surface area contributed by atoms with Crippen LogP contribution in [0.15, 0.2) is 66.7 Å². The highest BCUT2D eigenvalue weighted by molar-refractivity contribution is 6.01. The molecule has 1 N–H and O–H groups in total. The minimum atomic E-state index is -1.27.